The first-order chi connectivity index (χ1) is 8.02. The van der Waals surface area contributed by atoms with Crippen molar-refractivity contribution in [3.8, 4) is 0 Å². The van der Waals surface area contributed by atoms with Crippen molar-refractivity contribution in [3.05, 3.63) is 35.9 Å². The van der Waals surface area contributed by atoms with Crippen LogP contribution >= 0.6 is 0 Å². The fourth-order valence-corrected chi connectivity index (χ4v) is 2.06. The maximum absolute atomic E-state index is 10.4. The van der Waals surface area contributed by atoms with Crippen LogP contribution in [-0.4, -0.2) is 31.4 Å². The van der Waals surface area contributed by atoms with E-state index in [9.17, 15) is 5.11 Å². The molecule has 0 aromatic heterocycles. The van der Waals surface area contributed by atoms with Crippen molar-refractivity contribution in [1.29, 1.82) is 0 Å². The Morgan fingerprint density at radius 1 is 1.35 bits per heavy atom. The molecule has 0 saturated carbocycles. The van der Waals surface area contributed by atoms with Gasteiger partial charge in [-0.15, -0.1) is 0 Å². The minimum absolute atomic E-state index is 0.243. The molecule has 1 unspecified atom stereocenters. The summed E-state index contributed by atoms with van der Waals surface area (Å²) < 4.78 is 5.20. The van der Waals surface area contributed by atoms with Gasteiger partial charge >= 0.3 is 0 Å². The first kappa shape index (κ1) is 12.6. The highest BCUT2D eigenvalue weighted by Crippen LogP contribution is 2.26. The van der Waals surface area contributed by atoms with Crippen molar-refractivity contribution in [2.24, 2.45) is 5.41 Å². The first-order valence-corrected chi connectivity index (χ1v) is 6.08. The SMILES string of the molecule is CC1(CNCC(C)(O)c2ccccc2)COC1. The van der Waals surface area contributed by atoms with Crippen LogP contribution < -0.4 is 5.32 Å². The topological polar surface area (TPSA) is 41.5 Å². The summed E-state index contributed by atoms with van der Waals surface area (Å²) in [5, 5.41) is 13.7. The molecule has 1 atom stereocenters. The molecule has 0 bridgehead atoms. The Morgan fingerprint density at radius 2 is 2.00 bits per heavy atom. The third kappa shape index (κ3) is 3.06. The van der Waals surface area contributed by atoms with E-state index >= 15 is 0 Å². The van der Waals surface area contributed by atoms with Crippen molar-refractivity contribution in [3.63, 3.8) is 0 Å². The third-order valence-electron chi connectivity index (χ3n) is 3.32. The van der Waals surface area contributed by atoms with Gasteiger partial charge in [0.15, 0.2) is 0 Å². The smallest absolute Gasteiger partial charge is 0.0992 e. The van der Waals surface area contributed by atoms with E-state index in [0.29, 0.717) is 6.54 Å². The van der Waals surface area contributed by atoms with Crippen LogP contribution in [-0.2, 0) is 10.3 Å². The third-order valence-corrected chi connectivity index (χ3v) is 3.32. The Kier molecular flexibility index (Phi) is 3.52. The summed E-state index contributed by atoms with van der Waals surface area (Å²) in [5.74, 6) is 0. The Morgan fingerprint density at radius 3 is 2.53 bits per heavy atom. The van der Waals surface area contributed by atoms with Gasteiger partial charge in [0.25, 0.3) is 0 Å². The number of rotatable bonds is 5. The van der Waals surface area contributed by atoms with Gasteiger partial charge in [0, 0.05) is 18.5 Å². The van der Waals surface area contributed by atoms with Gasteiger partial charge in [-0.1, -0.05) is 37.3 Å². The van der Waals surface area contributed by atoms with Gasteiger partial charge < -0.3 is 15.2 Å². The molecule has 0 aliphatic carbocycles. The van der Waals surface area contributed by atoms with Gasteiger partial charge in [0.05, 0.1) is 18.8 Å². The highest BCUT2D eigenvalue weighted by atomic mass is 16.5. The molecule has 1 aromatic rings. The minimum Gasteiger partial charge on any atom is -0.384 e. The summed E-state index contributed by atoms with van der Waals surface area (Å²) in [5.41, 5.74) is 0.372. The Hall–Kier alpha value is -0.900. The predicted molar refractivity (Wildman–Crippen MR) is 67.8 cm³/mol. The second-order valence-electron chi connectivity index (χ2n) is 5.55. The second-order valence-corrected chi connectivity index (χ2v) is 5.55. The monoisotopic (exact) mass is 235 g/mol. The van der Waals surface area contributed by atoms with Crippen LogP contribution in [0, 0.1) is 5.41 Å². The zero-order valence-electron chi connectivity index (χ0n) is 10.6. The summed E-state index contributed by atoms with van der Waals surface area (Å²) in [7, 11) is 0. The number of ether oxygens (including phenoxy) is 1. The Labute approximate surface area is 103 Å². The molecule has 0 radical (unpaired) electrons. The minimum atomic E-state index is -0.817. The van der Waals surface area contributed by atoms with Gasteiger partial charge in [0.1, 0.15) is 0 Å². The lowest BCUT2D eigenvalue weighted by atomic mass is 9.88. The molecule has 2 rings (SSSR count). The van der Waals surface area contributed by atoms with Gasteiger partial charge in [-0.25, -0.2) is 0 Å². The molecule has 94 valence electrons. The van der Waals surface area contributed by atoms with E-state index in [-0.39, 0.29) is 5.41 Å². The van der Waals surface area contributed by atoms with Crippen molar-refractivity contribution in [2.45, 2.75) is 19.4 Å². The number of benzene rings is 1. The summed E-state index contributed by atoms with van der Waals surface area (Å²) in [6.07, 6.45) is 0. The molecule has 1 saturated heterocycles. The van der Waals surface area contributed by atoms with Crippen molar-refractivity contribution in [2.75, 3.05) is 26.3 Å². The largest absolute Gasteiger partial charge is 0.384 e. The number of nitrogens with one attached hydrogen (secondary N) is 1. The normalized spacial score (nSPS) is 21.6. The number of hydrogen-bond donors (Lipinski definition) is 2. The van der Waals surface area contributed by atoms with E-state index in [1.54, 1.807) is 0 Å². The highest BCUT2D eigenvalue weighted by Gasteiger charge is 2.33. The van der Waals surface area contributed by atoms with Crippen molar-refractivity contribution in [1.82, 2.24) is 5.32 Å². The Bertz CT molecular complexity index is 358. The van der Waals surface area contributed by atoms with Crippen LogP contribution in [0.2, 0.25) is 0 Å². The van der Waals surface area contributed by atoms with E-state index in [0.717, 1.165) is 25.3 Å². The molecule has 1 fully saturated rings. The lowest BCUT2D eigenvalue weighted by Crippen LogP contribution is -2.49. The summed E-state index contributed by atoms with van der Waals surface area (Å²) in [6.45, 7) is 7.11. The van der Waals surface area contributed by atoms with Crippen LogP contribution in [0.25, 0.3) is 0 Å². The van der Waals surface area contributed by atoms with Crippen LogP contribution in [0.5, 0.6) is 0 Å². The molecule has 3 nitrogen and oxygen atoms in total. The van der Waals surface area contributed by atoms with Crippen LogP contribution in [0.4, 0.5) is 0 Å². The molecule has 1 heterocycles. The molecular weight excluding hydrogens is 214 g/mol. The van der Waals surface area contributed by atoms with Crippen molar-refractivity contribution < 1.29 is 9.84 Å². The number of aliphatic hydroxyl groups is 1. The Balaban J connectivity index is 1.85. The molecule has 1 aromatic carbocycles. The fraction of sp³-hybridized carbons (Fsp3) is 0.571. The lowest BCUT2D eigenvalue weighted by molar-refractivity contribution is -0.101. The summed E-state index contributed by atoms with van der Waals surface area (Å²) >= 11 is 0. The molecule has 17 heavy (non-hydrogen) atoms. The maximum Gasteiger partial charge on any atom is 0.0992 e. The summed E-state index contributed by atoms with van der Waals surface area (Å²) in [4.78, 5) is 0. The molecule has 0 amide bonds. The first-order valence-electron chi connectivity index (χ1n) is 6.08. The molecule has 3 heteroatoms. The van der Waals surface area contributed by atoms with Crippen LogP contribution in [0.15, 0.2) is 30.3 Å². The fourth-order valence-electron chi connectivity index (χ4n) is 2.06. The number of hydrogen-bond acceptors (Lipinski definition) is 3. The van der Waals surface area contributed by atoms with E-state index < -0.39 is 5.60 Å². The van der Waals surface area contributed by atoms with Gasteiger partial charge in [-0.05, 0) is 12.5 Å². The zero-order valence-corrected chi connectivity index (χ0v) is 10.6. The van der Waals surface area contributed by atoms with Crippen molar-refractivity contribution >= 4 is 0 Å². The summed E-state index contributed by atoms with van der Waals surface area (Å²) in [6, 6.07) is 9.77. The molecule has 2 N–H and O–H groups in total. The highest BCUT2D eigenvalue weighted by molar-refractivity contribution is 5.21. The molecule has 1 aliphatic rings. The standard InChI is InChI=1S/C14H21NO2/c1-13(10-17-11-13)8-15-9-14(2,16)12-6-4-3-5-7-12/h3-7,15-16H,8-11H2,1-2H3. The average molecular weight is 235 g/mol. The van der Waals surface area contributed by atoms with Crippen LogP contribution in [0.1, 0.15) is 19.4 Å². The van der Waals surface area contributed by atoms with E-state index in [4.69, 9.17) is 4.74 Å². The van der Waals surface area contributed by atoms with Gasteiger partial charge in [0.2, 0.25) is 0 Å². The van der Waals surface area contributed by atoms with Gasteiger partial charge in [-0.2, -0.15) is 0 Å². The van der Waals surface area contributed by atoms with Crippen LogP contribution in [0.3, 0.4) is 0 Å². The quantitative estimate of drug-likeness (QED) is 0.813. The lowest BCUT2D eigenvalue weighted by Gasteiger charge is -2.39. The van der Waals surface area contributed by atoms with E-state index in [2.05, 4.69) is 12.2 Å². The maximum atomic E-state index is 10.4. The molecular formula is C14H21NO2. The van der Waals surface area contributed by atoms with E-state index in [1.165, 1.54) is 0 Å². The van der Waals surface area contributed by atoms with Gasteiger partial charge in [-0.3, -0.25) is 0 Å². The predicted octanol–water partition coefficient (Wildman–Crippen LogP) is 1.52. The zero-order chi connectivity index (χ0) is 12.4. The van der Waals surface area contributed by atoms with E-state index in [1.807, 2.05) is 37.3 Å². The second kappa shape index (κ2) is 4.77. The average Bonchev–Trinajstić information content (AvgIpc) is 2.28. The molecule has 1 aliphatic heterocycles. The molecule has 0 spiro atoms.